The summed E-state index contributed by atoms with van der Waals surface area (Å²) in [4.78, 5) is 23.9. The second-order valence-corrected chi connectivity index (χ2v) is 4.15. The Morgan fingerprint density at radius 1 is 1.40 bits per heavy atom. The molecule has 86 valence electrons. The highest BCUT2D eigenvalue weighted by Gasteiger charge is 2.38. The number of methoxy groups -OCH3 is 1. The van der Waals surface area contributed by atoms with Crippen LogP contribution in [0.1, 0.15) is 20.3 Å². The molecule has 1 aliphatic rings. The van der Waals surface area contributed by atoms with Gasteiger partial charge in [-0.15, -0.1) is 0 Å². The largest absolute Gasteiger partial charge is 0.481 e. The van der Waals surface area contributed by atoms with E-state index < -0.39 is 18.0 Å². The van der Waals surface area contributed by atoms with Crippen LogP contribution >= 0.6 is 0 Å². The molecule has 5 heteroatoms. The number of amides is 1. The summed E-state index contributed by atoms with van der Waals surface area (Å²) in [5, 5.41) is 9.02. The van der Waals surface area contributed by atoms with Crippen molar-refractivity contribution in [2.24, 2.45) is 11.8 Å². The Morgan fingerprint density at radius 2 is 2.00 bits per heavy atom. The first-order chi connectivity index (χ1) is 6.97. The second kappa shape index (κ2) is 4.51. The quantitative estimate of drug-likeness (QED) is 0.713. The van der Waals surface area contributed by atoms with Gasteiger partial charge in [-0.2, -0.15) is 0 Å². The highest BCUT2D eigenvalue weighted by atomic mass is 16.5. The number of carbonyl (C=O) groups excluding carboxylic acids is 1. The van der Waals surface area contributed by atoms with E-state index >= 15 is 0 Å². The highest BCUT2D eigenvalue weighted by molar-refractivity contribution is 5.74. The van der Waals surface area contributed by atoms with Crippen LogP contribution < -0.4 is 0 Å². The molecule has 0 aromatic carbocycles. The monoisotopic (exact) mass is 215 g/mol. The van der Waals surface area contributed by atoms with Gasteiger partial charge in [0.1, 0.15) is 0 Å². The fourth-order valence-electron chi connectivity index (χ4n) is 2.09. The number of ether oxygens (including phenoxy) is 1. The van der Waals surface area contributed by atoms with Crippen molar-refractivity contribution in [2.45, 2.75) is 26.3 Å². The number of hydrogen-bond acceptors (Lipinski definition) is 3. The zero-order valence-electron chi connectivity index (χ0n) is 9.27. The number of carboxylic acids is 1. The average Bonchev–Trinajstić information content (AvgIpc) is 2.19. The van der Waals surface area contributed by atoms with Crippen LogP contribution in [0, 0.1) is 11.8 Å². The van der Waals surface area contributed by atoms with Crippen LogP contribution in [0.2, 0.25) is 0 Å². The third-order valence-electron chi connectivity index (χ3n) is 2.96. The first-order valence-corrected chi connectivity index (χ1v) is 5.04. The summed E-state index contributed by atoms with van der Waals surface area (Å²) < 4.78 is 4.63. The van der Waals surface area contributed by atoms with Gasteiger partial charge in [0.15, 0.2) is 0 Å². The van der Waals surface area contributed by atoms with Crippen molar-refractivity contribution in [3.63, 3.8) is 0 Å². The van der Waals surface area contributed by atoms with E-state index in [0.29, 0.717) is 13.0 Å². The van der Waals surface area contributed by atoms with Crippen LogP contribution in [-0.2, 0) is 9.53 Å². The second-order valence-electron chi connectivity index (χ2n) is 4.15. The van der Waals surface area contributed by atoms with E-state index in [4.69, 9.17) is 5.11 Å². The van der Waals surface area contributed by atoms with Crippen LogP contribution in [0.4, 0.5) is 4.79 Å². The maximum Gasteiger partial charge on any atom is 0.409 e. The van der Waals surface area contributed by atoms with E-state index in [1.165, 1.54) is 12.0 Å². The lowest BCUT2D eigenvalue weighted by atomic mass is 9.85. The van der Waals surface area contributed by atoms with Gasteiger partial charge in [0.25, 0.3) is 0 Å². The molecule has 0 saturated carbocycles. The fraction of sp³-hybridized carbons (Fsp3) is 0.800. The Hall–Kier alpha value is -1.26. The standard InChI is InChI=1S/C10H17NO4/c1-6-4-8(9(12)13)7(2)11(5-6)10(14)15-3/h6-8H,4-5H2,1-3H3,(H,12,13). The molecule has 1 aliphatic heterocycles. The molecular formula is C10H17NO4. The van der Waals surface area contributed by atoms with E-state index in [-0.39, 0.29) is 12.0 Å². The van der Waals surface area contributed by atoms with Gasteiger partial charge in [-0.3, -0.25) is 4.79 Å². The summed E-state index contributed by atoms with van der Waals surface area (Å²) >= 11 is 0. The maximum absolute atomic E-state index is 11.4. The Morgan fingerprint density at radius 3 is 2.47 bits per heavy atom. The lowest BCUT2D eigenvalue weighted by Crippen LogP contribution is -2.51. The lowest BCUT2D eigenvalue weighted by Gasteiger charge is -2.39. The predicted molar refractivity (Wildman–Crippen MR) is 53.5 cm³/mol. The molecule has 1 fully saturated rings. The number of carboxylic acid groups (broad SMARTS) is 1. The van der Waals surface area contributed by atoms with Crippen LogP contribution in [0.15, 0.2) is 0 Å². The summed E-state index contributed by atoms with van der Waals surface area (Å²) in [6.45, 7) is 4.26. The molecule has 1 amide bonds. The molecule has 0 aromatic heterocycles. The van der Waals surface area contributed by atoms with Crippen LogP contribution in [0.5, 0.6) is 0 Å². The molecule has 0 aliphatic carbocycles. The van der Waals surface area contributed by atoms with Crippen molar-refractivity contribution in [1.29, 1.82) is 0 Å². The van der Waals surface area contributed by atoms with E-state index in [1.807, 2.05) is 6.92 Å². The number of aliphatic carboxylic acids is 1. The maximum atomic E-state index is 11.4. The zero-order chi connectivity index (χ0) is 11.6. The van der Waals surface area contributed by atoms with Crippen molar-refractivity contribution in [1.82, 2.24) is 4.90 Å². The molecule has 15 heavy (non-hydrogen) atoms. The summed E-state index contributed by atoms with van der Waals surface area (Å²) in [5.41, 5.74) is 0. The smallest absolute Gasteiger partial charge is 0.409 e. The third kappa shape index (κ3) is 2.40. The minimum Gasteiger partial charge on any atom is -0.481 e. The van der Waals surface area contributed by atoms with Gasteiger partial charge in [0, 0.05) is 12.6 Å². The van der Waals surface area contributed by atoms with Crippen molar-refractivity contribution in [2.75, 3.05) is 13.7 Å². The van der Waals surface area contributed by atoms with Crippen molar-refractivity contribution in [3.05, 3.63) is 0 Å². The van der Waals surface area contributed by atoms with Crippen LogP contribution in [0.3, 0.4) is 0 Å². The van der Waals surface area contributed by atoms with Crippen LogP contribution in [-0.4, -0.2) is 41.8 Å². The van der Waals surface area contributed by atoms with Gasteiger partial charge >= 0.3 is 12.1 Å². The van der Waals surface area contributed by atoms with E-state index in [0.717, 1.165) is 0 Å². The van der Waals surface area contributed by atoms with Crippen molar-refractivity contribution in [3.8, 4) is 0 Å². The normalized spacial score (nSPS) is 31.1. The number of nitrogens with zero attached hydrogens (tertiary/aromatic N) is 1. The molecule has 1 saturated heterocycles. The van der Waals surface area contributed by atoms with Crippen molar-refractivity contribution < 1.29 is 19.4 Å². The topological polar surface area (TPSA) is 66.8 Å². The lowest BCUT2D eigenvalue weighted by molar-refractivity contribution is -0.146. The van der Waals surface area contributed by atoms with Crippen molar-refractivity contribution >= 4 is 12.1 Å². The molecule has 0 bridgehead atoms. The van der Waals surface area contributed by atoms with Gasteiger partial charge in [-0.05, 0) is 19.3 Å². The van der Waals surface area contributed by atoms with Gasteiger partial charge in [0.2, 0.25) is 0 Å². The number of piperidine rings is 1. The van der Waals surface area contributed by atoms with Gasteiger partial charge in [-0.25, -0.2) is 4.79 Å². The Kier molecular flexibility index (Phi) is 3.55. The summed E-state index contributed by atoms with van der Waals surface area (Å²) in [6.07, 6.45) is 0.171. The van der Waals surface area contributed by atoms with Crippen LogP contribution in [0.25, 0.3) is 0 Å². The predicted octanol–water partition coefficient (Wildman–Crippen LogP) is 1.18. The van der Waals surface area contributed by atoms with Gasteiger partial charge < -0.3 is 14.7 Å². The number of hydrogen-bond donors (Lipinski definition) is 1. The highest BCUT2D eigenvalue weighted by Crippen LogP contribution is 2.27. The number of carbonyl (C=O) groups is 2. The van der Waals surface area contributed by atoms with E-state index in [1.54, 1.807) is 6.92 Å². The third-order valence-corrected chi connectivity index (χ3v) is 2.96. The zero-order valence-corrected chi connectivity index (χ0v) is 9.27. The summed E-state index contributed by atoms with van der Waals surface area (Å²) in [7, 11) is 1.31. The first-order valence-electron chi connectivity index (χ1n) is 5.04. The fourth-order valence-corrected chi connectivity index (χ4v) is 2.09. The molecule has 0 radical (unpaired) electrons. The molecule has 1 N–H and O–H groups in total. The Labute approximate surface area is 89.0 Å². The minimum absolute atomic E-state index is 0.196. The molecule has 3 atom stereocenters. The SMILES string of the molecule is COC(=O)N1CC(C)CC(C(=O)O)C1C. The molecule has 1 heterocycles. The Bertz CT molecular complexity index is 266. The minimum atomic E-state index is -0.844. The molecule has 0 spiro atoms. The molecule has 1 rings (SSSR count). The number of likely N-dealkylation sites (tertiary alicyclic amines) is 1. The average molecular weight is 215 g/mol. The molecule has 5 nitrogen and oxygen atoms in total. The molecule has 0 aromatic rings. The summed E-state index contributed by atoms with van der Waals surface area (Å²) in [6, 6.07) is -0.300. The van der Waals surface area contributed by atoms with E-state index in [9.17, 15) is 9.59 Å². The summed E-state index contributed by atoms with van der Waals surface area (Å²) in [5.74, 6) is -1.14. The van der Waals surface area contributed by atoms with Gasteiger partial charge in [-0.1, -0.05) is 6.92 Å². The molecule has 3 unspecified atom stereocenters. The van der Waals surface area contributed by atoms with Gasteiger partial charge in [0.05, 0.1) is 13.0 Å². The molecular weight excluding hydrogens is 198 g/mol. The Balaban J connectivity index is 2.80. The number of rotatable bonds is 1. The van der Waals surface area contributed by atoms with E-state index in [2.05, 4.69) is 4.74 Å². The first kappa shape index (κ1) is 11.8.